The van der Waals surface area contributed by atoms with Gasteiger partial charge in [-0.15, -0.1) is 0 Å². The Morgan fingerprint density at radius 2 is 1.81 bits per heavy atom. The summed E-state index contributed by atoms with van der Waals surface area (Å²) in [6, 6.07) is 6.27. The zero-order valence-corrected chi connectivity index (χ0v) is 12.3. The number of carbonyl (C=O) groups is 1. The lowest BCUT2D eigenvalue weighted by Crippen LogP contribution is -2.38. The molecule has 0 amide bonds. The number of halogens is 1. The Morgan fingerprint density at radius 1 is 1.14 bits per heavy atom. The zero-order valence-electron chi connectivity index (χ0n) is 12.3. The third kappa shape index (κ3) is 5.34. The van der Waals surface area contributed by atoms with Crippen molar-refractivity contribution >= 4 is 11.7 Å². The number of rotatable bonds is 7. The lowest BCUT2D eigenvalue weighted by atomic mass is 10.1. The molecule has 1 aromatic rings. The molecule has 1 N–H and O–H groups in total. The van der Waals surface area contributed by atoms with Gasteiger partial charge in [0.05, 0.1) is 6.42 Å². The fourth-order valence-corrected chi connectivity index (χ4v) is 2.70. The largest absolute Gasteiger partial charge is 0.481 e. The summed E-state index contributed by atoms with van der Waals surface area (Å²) in [5.74, 6) is -1.08. The molecule has 2 rings (SSSR count). The average molecular weight is 294 g/mol. The topological polar surface area (TPSA) is 43.8 Å². The van der Waals surface area contributed by atoms with Crippen molar-refractivity contribution in [2.45, 2.75) is 25.7 Å². The maximum absolute atomic E-state index is 13.0. The van der Waals surface area contributed by atoms with Crippen molar-refractivity contribution in [3.8, 4) is 0 Å². The van der Waals surface area contributed by atoms with Crippen LogP contribution in [0.5, 0.6) is 0 Å². The number of anilines is 1. The molecule has 0 radical (unpaired) electrons. The molecule has 0 spiro atoms. The second-order valence-electron chi connectivity index (χ2n) is 5.51. The molecule has 0 bridgehead atoms. The van der Waals surface area contributed by atoms with E-state index in [2.05, 4.69) is 4.90 Å². The van der Waals surface area contributed by atoms with Crippen LogP contribution in [0.15, 0.2) is 24.3 Å². The third-order valence-corrected chi connectivity index (χ3v) is 3.92. The van der Waals surface area contributed by atoms with Crippen LogP contribution in [-0.2, 0) is 4.79 Å². The van der Waals surface area contributed by atoms with Gasteiger partial charge in [-0.3, -0.25) is 4.79 Å². The fraction of sp³-hybridized carbons (Fsp3) is 0.562. The van der Waals surface area contributed by atoms with Gasteiger partial charge in [-0.25, -0.2) is 4.39 Å². The third-order valence-electron chi connectivity index (χ3n) is 3.92. The van der Waals surface area contributed by atoms with Crippen LogP contribution in [0.3, 0.4) is 0 Å². The highest BCUT2D eigenvalue weighted by molar-refractivity contribution is 5.67. The molecule has 1 heterocycles. The Kier molecular flexibility index (Phi) is 5.99. The average Bonchev–Trinajstić information content (AvgIpc) is 2.49. The molecule has 0 saturated carbocycles. The maximum Gasteiger partial charge on any atom is 0.305 e. The molecule has 0 unspecified atom stereocenters. The molecule has 0 aromatic heterocycles. The summed E-state index contributed by atoms with van der Waals surface area (Å²) in [5, 5.41) is 8.87. The van der Waals surface area contributed by atoms with Crippen LogP contribution in [0.2, 0.25) is 0 Å². The number of benzene rings is 1. The summed E-state index contributed by atoms with van der Waals surface area (Å²) >= 11 is 0. The highest BCUT2D eigenvalue weighted by Crippen LogP contribution is 2.16. The minimum atomic E-state index is -0.805. The summed E-state index contributed by atoms with van der Waals surface area (Å²) in [5.41, 5.74) is 0.884. The minimum absolute atomic E-state index is 0.0946. The molecule has 21 heavy (non-hydrogen) atoms. The first-order valence-corrected chi connectivity index (χ1v) is 7.60. The molecular weight excluding hydrogens is 271 g/mol. The van der Waals surface area contributed by atoms with E-state index in [1.54, 1.807) is 12.1 Å². The van der Waals surface area contributed by atoms with Gasteiger partial charge in [0, 0.05) is 25.3 Å². The fourth-order valence-electron chi connectivity index (χ4n) is 2.70. The summed E-state index contributed by atoms with van der Waals surface area (Å²) in [7, 11) is 0. The summed E-state index contributed by atoms with van der Waals surface area (Å²) < 4.78 is 13.0. The number of carboxylic acids is 1. The van der Waals surface area contributed by atoms with Gasteiger partial charge >= 0.3 is 5.97 Å². The van der Waals surface area contributed by atoms with E-state index < -0.39 is 5.97 Å². The van der Waals surface area contributed by atoms with Crippen molar-refractivity contribution in [3.05, 3.63) is 30.1 Å². The number of likely N-dealkylation sites (tertiary alicyclic amines) is 1. The van der Waals surface area contributed by atoms with Gasteiger partial charge in [-0.1, -0.05) is 6.42 Å². The van der Waals surface area contributed by atoms with Gasteiger partial charge in [0.15, 0.2) is 0 Å². The molecule has 5 heteroatoms. The molecule has 1 aliphatic heterocycles. The van der Waals surface area contributed by atoms with Crippen molar-refractivity contribution in [3.63, 3.8) is 0 Å². The van der Waals surface area contributed by atoms with E-state index in [-0.39, 0.29) is 12.2 Å². The van der Waals surface area contributed by atoms with Gasteiger partial charge in [-0.05, 0) is 50.2 Å². The Labute approximate surface area is 125 Å². The predicted octanol–water partition coefficient (Wildman–Crippen LogP) is 2.59. The Balaban J connectivity index is 1.93. The zero-order chi connectivity index (χ0) is 15.1. The minimum Gasteiger partial charge on any atom is -0.481 e. The molecule has 1 fully saturated rings. The first-order chi connectivity index (χ1) is 10.1. The Bertz CT molecular complexity index is 444. The van der Waals surface area contributed by atoms with E-state index >= 15 is 0 Å². The number of aliphatic carboxylic acids is 1. The van der Waals surface area contributed by atoms with Crippen LogP contribution >= 0.6 is 0 Å². The lowest BCUT2D eigenvalue weighted by molar-refractivity contribution is -0.136. The van der Waals surface area contributed by atoms with Gasteiger partial charge in [0.2, 0.25) is 0 Å². The molecule has 1 saturated heterocycles. The van der Waals surface area contributed by atoms with E-state index in [9.17, 15) is 9.18 Å². The van der Waals surface area contributed by atoms with Crippen molar-refractivity contribution in [2.75, 3.05) is 37.6 Å². The van der Waals surface area contributed by atoms with Gasteiger partial charge in [-0.2, -0.15) is 0 Å². The van der Waals surface area contributed by atoms with E-state index in [1.807, 2.05) is 4.90 Å². The SMILES string of the molecule is O=C(O)CCN(CCN1CCCCC1)c1ccc(F)cc1. The van der Waals surface area contributed by atoms with E-state index in [1.165, 1.54) is 31.4 Å². The number of hydrogen-bond acceptors (Lipinski definition) is 3. The van der Waals surface area contributed by atoms with E-state index in [0.29, 0.717) is 6.54 Å². The van der Waals surface area contributed by atoms with Crippen LogP contribution in [0, 0.1) is 5.82 Å². The van der Waals surface area contributed by atoms with Crippen molar-refractivity contribution in [1.82, 2.24) is 4.90 Å². The molecule has 0 aliphatic carbocycles. The van der Waals surface area contributed by atoms with Crippen LogP contribution in [0.1, 0.15) is 25.7 Å². The molecule has 116 valence electrons. The highest BCUT2D eigenvalue weighted by Gasteiger charge is 2.13. The van der Waals surface area contributed by atoms with Crippen LogP contribution in [0.25, 0.3) is 0 Å². The highest BCUT2D eigenvalue weighted by atomic mass is 19.1. The van der Waals surface area contributed by atoms with Gasteiger partial charge in [0.1, 0.15) is 5.82 Å². The standard InChI is InChI=1S/C16H23FN2O2/c17-14-4-6-15(7-5-14)19(11-8-16(20)21)13-12-18-9-2-1-3-10-18/h4-7H,1-3,8-13H2,(H,20,21). The lowest BCUT2D eigenvalue weighted by Gasteiger charge is -2.31. The smallest absolute Gasteiger partial charge is 0.305 e. The molecule has 0 atom stereocenters. The Morgan fingerprint density at radius 3 is 2.43 bits per heavy atom. The van der Waals surface area contributed by atoms with Crippen molar-refractivity contribution < 1.29 is 14.3 Å². The van der Waals surface area contributed by atoms with Gasteiger partial charge < -0.3 is 14.9 Å². The number of hydrogen-bond donors (Lipinski definition) is 1. The summed E-state index contributed by atoms with van der Waals surface area (Å²) in [6.45, 7) is 4.40. The number of nitrogens with zero attached hydrogens (tertiary/aromatic N) is 2. The van der Waals surface area contributed by atoms with Crippen LogP contribution < -0.4 is 4.90 Å². The van der Waals surface area contributed by atoms with Crippen LogP contribution in [-0.4, -0.2) is 48.7 Å². The molecule has 1 aromatic carbocycles. The summed E-state index contributed by atoms with van der Waals surface area (Å²) in [4.78, 5) is 15.2. The molecule has 1 aliphatic rings. The second-order valence-corrected chi connectivity index (χ2v) is 5.51. The van der Waals surface area contributed by atoms with Crippen molar-refractivity contribution in [2.24, 2.45) is 0 Å². The molecular formula is C16H23FN2O2. The van der Waals surface area contributed by atoms with E-state index in [4.69, 9.17) is 5.11 Å². The first-order valence-electron chi connectivity index (χ1n) is 7.60. The molecule has 4 nitrogen and oxygen atoms in total. The first kappa shape index (κ1) is 15.8. The summed E-state index contributed by atoms with van der Waals surface area (Å²) in [6.07, 6.45) is 3.88. The second kappa shape index (κ2) is 7.98. The monoisotopic (exact) mass is 294 g/mol. The Hall–Kier alpha value is -1.62. The van der Waals surface area contributed by atoms with E-state index in [0.717, 1.165) is 31.9 Å². The number of piperidine rings is 1. The van der Waals surface area contributed by atoms with Crippen LogP contribution in [0.4, 0.5) is 10.1 Å². The van der Waals surface area contributed by atoms with Gasteiger partial charge in [0.25, 0.3) is 0 Å². The van der Waals surface area contributed by atoms with Crippen molar-refractivity contribution in [1.29, 1.82) is 0 Å². The predicted molar refractivity (Wildman–Crippen MR) is 81.2 cm³/mol. The quantitative estimate of drug-likeness (QED) is 0.839. The normalized spacial score (nSPS) is 15.9. The maximum atomic E-state index is 13.0. The number of carboxylic acid groups (broad SMARTS) is 1.